The lowest BCUT2D eigenvalue weighted by Gasteiger charge is -2.07. The number of nitrogens with two attached hydrogens (primary N) is 1. The van der Waals surface area contributed by atoms with E-state index in [1.807, 2.05) is 6.07 Å². The van der Waals surface area contributed by atoms with Crippen LogP contribution < -0.4 is 16.6 Å². The van der Waals surface area contributed by atoms with E-state index in [9.17, 15) is 9.90 Å². The van der Waals surface area contributed by atoms with Crippen LogP contribution in [0.15, 0.2) is 18.2 Å². The zero-order valence-electron chi connectivity index (χ0n) is 7.45. The Morgan fingerprint density at radius 2 is 2.43 bits per heavy atom. The standard InChI is InChI=1S/C9H11N3O2/c10-12-9(14)6-3-1-2-5-4-7(13)11-8(5)6/h1-3,7,11,13H,4,10H2,(H,12,14). The highest BCUT2D eigenvalue weighted by Crippen LogP contribution is 2.28. The lowest BCUT2D eigenvalue weighted by molar-refractivity contribution is 0.0954. The van der Waals surface area contributed by atoms with Gasteiger partial charge in [-0.25, -0.2) is 5.84 Å². The number of carbonyl (C=O) groups excluding carboxylic acids is 1. The molecule has 14 heavy (non-hydrogen) atoms. The first kappa shape index (κ1) is 8.98. The van der Waals surface area contributed by atoms with E-state index in [0.717, 1.165) is 5.56 Å². The number of hydrogen-bond acceptors (Lipinski definition) is 4. The topological polar surface area (TPSA) is 87.4 Å². The quantitative estimate of drug-likeness (QED) is 0.277. The first-order valence-electron chi connectivity index (χ1n) is 4.30. The Labute approximate surface area is 80.9 Å². The van der Waals surface area contributed by atoms with Crippen molar-refractivity contribution in [3.63, 3.8) is 0 Å². The molecular weight excluding hydrogens is 182 g/mol. The second kappa shape index (κ2) is 3.28. The number of nitrogens with one attached hydrogen (secondary N) is 2. The lowest BCUT2D eigenvalue weighted by Crippen LogP contribution is -2.30. The molecule has 1 unspecified atom stereocenters. The van der Waals surface area contributed by atoms with Gasteiger partial charge in [-0.15, -0.1) is 0 Å². The molecule has 5 heteroatoms. The molecule has 1 aromatic rings. The zero-order chi connectivity index (χ0) is 10.1. The van der Waals surface area contributed by atoms with Crippen molar-refractivity contribution in [2.75, 3.05) is 5.32 Å². The number of hydrazine groups is 1. The number of rotatable bonds is 1. The second-order valence-electron chi connectivity index (χ2n) is 3.18. The van der Waals surface area contributed by atoms with Crippen molar-refractivity contribution in [1.29, 1.82) is 0 Å². The fourth-order valence-corrected chi connectivity index (χ4v) is 1.63. The van der Waals surface area contributed by atoms with Gasteiger partial charge in [0.1, 0.15) is 6.23 Å². The lowest BCUT2D eigenvalue weighted by atomic mass is 10.1. The molecule has 1 amide bonds. The molecule has 0 aliphatic carbocycles. The maximum Gasteiger partial charge on any atom is 0.267 e. The number of aliphatic hydroxyl groups excluding tert-OH is 1. The van der Waals surface area contributed by atoms with Crippen LogP contribution in [0.4, 0.5) is 5.69 Å². The van der Waals surface area contributed by atoms with Gasteiger partial charge in [-0.1, -0.05) is 12.1 Å². The third-order valence-electron chi connectivity index (χ3n) is 2.25. The minimum Gasteiger partial charge on any atom is -0.373 e. The number of benzene rings is 1. The van der Waals surface area contributed by atoms with Gasteiger partial charge in [-0.2, -0.15) is 0 Å². The van der Waals surface area contributed by atoms with Crippen LogP contribution in [0.25, 0.3) is 0 Å². The Morgan fingerprint density at radius 1 is 1.64 bits per heavy atom. The Hall–Kier alpha value is -1.59. The molecule has 1 aliphatic rings. The highest BCUT2D eigenvalue weighted by molar-refractivity contribution is 6.00. The van der Waals surface area contributed by atoms with Crippen molar-refractivity contribution in [1.82, 2.24) is 5.43 Å². The Balaban J connectivity index is 2.44. The molecule has 0 saturated heterocycles. The summed E-state index contributed by atoms with van der Waals surface area (Å²) in [5.41, 5.74) is 4.12. The van der Waals surface area contributed by atoms with Gasteiger partial charge in [0.05, 0.1) is 11.3 Å². The number of aliphatic hydroxyl groups is 1. The predicted molar refractivity (Wildman–Crippen MR) is 51.4 cm³/mol. The summed E-state index contributed by atoms with van der Waals surface area (Å²) in [4.78, 5) is 11.3. The molecule has 74 valence electrons. The molecule has 0 spiro atoms. The summed E-state index contributed by atoms with van der Waals surface area (Å²) in [7, 11) is 0. The van der Waals surface area contributed by atoms with Gasteiger partial charge in [-0.3, -0.25) is 10.2 Å². The number of amides is 1. The van der Waals surface area contributed by atoms with Gasteiger partial charge in [0, 0.05) is 6.42 Å². The molecule has 5 nitrogen and oxygen atoms in total. The van der Waals surface area contributed by atoms with E-state index in [2.05, 4.69) is 10.7 Å². The van der Waals surface area contributed by atoms with E-state index in [-0.39, 0.29) is 5.91 Å². The van der Waals surface area contributed by atoms with Crippen LogP contribution >= 0.6 is 0 Å². The van der Waals surface area contributed by atoms with Crippen molar-refractivity contribution in [2.24, 2.45) is 5.84 Å². The van der Waals surface area contributed by atoms with Crippen molar-refractivity contribution < 1.29 is 9.90 Å². The molecule has 0 bridgehead atoms. The van der Waals surface area contributed by atoms with Crippen LogP contribution in [0.1, 0.15) is 15.9 Å². The number of anilines is 1. The van der Waals surface area contributed by atoms with E-state index < -0.39 is 6.23 Å². The van der Waals surface area contributed by atoms with E-state index in [4.69, 9.17) is 5.84 Å². The van der Waals surface area contributed by atoms with Gasteiger partial charge in [0.25, 0.3) is 5.91 Å². The third-order valence-corrected chi connectivity index (χ3v) is 2.25. The highest BCUT2D eigenvalue weighted by Gasteiger charge is 2.22. The van der Waals surface area contributed by atoms with Gasteiger partial charge in [0.2, 0.25) is 0 Å². The summed E-state index contributed by atoms with van der Waals surface area (Å²) >= 11 is 0. The molecule has 0 saturated carbocycles. The first-order valence-corrected chi connectivity index (χ1v) is 4.30. The fraction of sp³-hybridized carbons (Fsp3) is 0.222. The molecule has 2 rings (SSSR count). The molecular formula is C9H11N3O2. The van der Waals surface area contributed by atoms with Crippen molar-refractivity contribution in [3.05, 3.63) is 29.3 Å². The number of nitrogen functional groups attached to an aromatic ring is 1. The van der Waals surface area contributed by atoms with Crippen LogP contribution in [0, 0.1) is 0 Å². The summed E-state index contributed by atoms with van der Waals surface area (Å²) < 4.78 is 0. The van der Waals surface area contributed by atoms with Crippen molar-refractivity contribution >= 4 is 11.6 Å². The van der Waals surface area contributed by atoms with E-state index >= 15 is 0 Å². The normalized spacial score (nSPS) is 18.6. The van der Waals surface area contributed by atoms with Crippen molar-refractivity contribution in [2.45, 2.75) is 12.6 Å². The molecule has 1 atom stereocenters. The molecule has 0 fully saturated rings. The molecule has 1 aromatic carbocycles. The van der Waals surface area contributed by atoms with E-state index in [1.54, 1.807) is 12.1 Å². The molecule has 1 aliphatic heterocycles. The molecule has 1 heterocycles. The summed E-state index contributed by atoms with van der Waals surface area (Å²) in [6.07, 6.45) is -0.0992. The van der Waals surface area contributed by atoms with Gasteiger partial charge in [-0.05, 0) is 11.6 Å². The minimum atomic E-state index is -0.614. The summed E-state index contributed by atoms with van der Waals surface area (Å²) in [6, 6.07) is 5.29. The maximum absolute atomic E-state index is 11.3. The van der Waals surface area contributed by atoms with Gasteiger partial charge >= 0.3 is 0 Å². The molecule has 5 N–H and O–H groups in total. The smallest absolute Gasteiger partial charge is 0.267 e. The number of carbonyl (C=O) groups is 1. The Morgan fingerprint density at radius 3 is 3.14 bits per heavy atom. The van der Waals surface area contributed by atoms with Gasteiger partial charge < -0.3 is 10.4 Å². The van der Waals surface area contributed by atoms with Crippen LogP contribution in [-0.4, -0.2) is 17.2 Å². The van der Waals surface area contributed by atoms with Crippen LogP contribution in [0.5, 0.6) is 0 Å². The SMILES string of the molecule is NNC(=O)c1cccc2c1NC(O)C2. The second-order valence-corrected chi connectivity index (χ2v) is 3.18. The molecule has 0 aromatic heterocycles. The minimum absolute atomic E-state index is 0.358. The third kappa shape index (κ3) is 1.32. The summed E-state index contributed by atoms with van der Waals surface area (Å²) in [5, 5.41) is 12.2. The van der Waals surface area contributed by atoms with Crippen molar-refractivity contribution in [3.8, 4) is 0 Å². The first-order chi connectivity index (χ1) is 6.72. The average Bonchev–Trinajstić information content (AvgIpc) is 2.56. The number of para-hydroxylation sites is 1. The van der Waals surface area contributed by atoms with E-state index in [1.165, 1.54) is 0 Å². The Kier molecular flexibility index (Phi) is 2.11. The average molecular weight is 193 g/mol. The Bertz CT molecular complexity index is 378. The summed E-state index contributed by atoms with van der Waals surface area (Å²) in [6.45, 7) is 0. The molecule has 0 radical (unpaired) electrons. The van der Waals surface area contributed by atoms with Crippen LogP contribution in [0.3, 0.4) is 0 Å². The number of fused-ring (bicyclic) bond motifs is 1. The predicted octanol–water partition coefficient (Wildman–Crippen LogP) is -0.424. The summed E-state index contributed by atoms with van der Waals surface area (Å²) in [5.74, 6) is 4.69. The number of hydrogen-bond donors (Lipinski definition) is 4. The largest absolute Gasteiger partial charge is 0.373 e. The zero-order valence-corrected chi connectivity index (χ0v) is 7.45. The monoisotopic (exact) mass is 193 g/mol. The maximum atomic E-state index is 11.3. The van der Waals surface area contributed by atoms with Gasteiger partial charge in [0.15, 0.2) is 0 Å². The van der Waals surface area contributed by atoms with E-state index in [0.29, 0.717) is 17.7 Å². The fourth-order valence-electron chi connectivity index (χ4n) is 1.63. The highest BCUT2D eigenvalue weighted by atomic mass is 16.3. The van der Waals surface area contributed by atoms with Crippen LogP contribution in [0.2, 0.25) is 0 Å². The van der Waals surface area contributed by atoms with Crippen LogP contribution in [-0.2, 0) is 6.42 Å².